The van der Waals surface area contributed by atoms with Gasteiger partial charge in [-0.3, -0.25) is 4.79 Å². The monoisotopic (exact) mass is 242 g/mol. The highest BCUT2D eigenvalue weighted by Gasteiger charge is 2.13. The molecule has 0 fully saturated rings. The van der Waals surface area contributed by atoms with Gasteiger partial charge in [0.05, 0.1) is 5.56 Å². The number of halogens is 2. The minimum Gasteiger partial charge on any atom is -0.351 e. The molecule has 0 saturated heterocycles. The van der Waals surface area contributed by atoms with Gasteiger partial charge in [0.25, 0.3) is 5.91 Å². The van der Waals surface area contributed by atoms with Crippen molar-refractivity contribution in [3.63, 3.8) is 0 Å². The average molecular weight is 242 g/mol. The smallest absolute Gasteiger partial charge is 0.254 e. The van der Waals surface area contributed by atoms with Gasteiger partial charge in [-0.15, -0.1) is 0 Å². The topological polar surface area (TPSA) is 41.1 Å². The van der Waals surface area contributed by atoms with Crippen LogP contribution in [-0.4, -0.2) is 25.5 Å². The number of carbonyl (C=O) groups is 1. The van der Waals surface area contributed by atoms with Crippen LogP contribution in [0.3, 0.4) is 0 Å². The number of carbonyl (C=O) groups excluding carboxylic acids is 1. The molecule has 1 amide bonds. The highest BCUT2D eigenvalue weighted by atomic mass is 19.1. The number of nitrogens with one attached hydrogen (secondary N) is 2. The molecule has 0 aromatic heterocycles. The third kappa shape index (κ3) is 3.78. The molecule has 0 radical (unpaired) electrons. The standard InChI is InChI=1S/C12H16F2N2O/c1-3-15-4-5-16-12(17)9-6-8(2)10(13)7-11(9)14/h6-7,15H,3-5H2,1-2H3,(H,16,17). The fourth-order valence-corrected chi connectivity index (χ4v) is 1.37. The summed E-state index contributed by atoms with van der Waals surface area (Å²) in [4.78, 5) is 11.6. The van der Waals surface area contributed by atoms with Crippen molar-refractivity contribution < 1.29 is 13.6 Å². The van der Waals surface area contributed by atoms with E-state index < -0.39 is 17.5 Å². The van der Waals surface area contributed by atoms with Crippen LogP contribution in [0.2, 0.25) is 0 Å². The van der Waals surface area contributed by atoms with Crippen LogP contribution in [0.15, 0.2) is 12.1 Å². The minimum absolute atomic E-state index is 0.125. The molecular formula is C12H16F2N2O. The Morgan fingerprint density at radius 2 is 1.94 bits per heavy atom. The van der Waals surface area contributed by atoms with Crippen LogP contribution in [0.5, 0.6) is 0 Å². The average Bonchev–Trinajstić information content (AvgIpc) is 2.29. The second-order valence-electron chi connectivity index (χ2n) is 3.69. The number of likely N-dealkylation sites (N-methyl/N-ethyl adjacent to an activating group) is 1. The van der Waals surface area contributed by atoms with Crippen molar-refractivity contribution >= 4 is 5.91 Å². The molecule has 0 heterocycles. The molecule has 0 aliphatic heterocycles. The van der Waals surface area contributed by atoms with Gasteiger partial charge in [0, 0.05) is 19.2 Å². The highest BCUT2D eigenvalue weighted by molar-refractivity contribution is 5.94. The van der Waals surface area contributed by atoms with E-state index in [-0.39, 0.29) is 11.1 Å². The van der Waals surface area contributed by atoms with E-state index in [1.165, 1.54) is 13.0 Å². The zero-order chi connectivity index (χ0) is 12.8. The number of rotatable bonds is 5. The predicted octanol–water partition coefficient (Wildman–Crippen LogP) is 1.61. The van der Waals surface area contributed by atoms with Crippen LogP contribution in [0.25, 0.3) is 0 Å². The molecule has 3 nitrogen and oxygen atoms in total. The second-order valence-corrected chi connectivity index (χ2v) is 3.69. The molecule has 1 rings (SSSR count). The fourth-order valence-electron chi connectivity index (χ4n) is 1.37. The molecule has 0 unspecified atom stereocenters. The Morgan fingerprint density at radius 1 is 1.24 bits per heavy atom. The first-order valence-electron chi connectivity index (χ1n) is 5.50. The lowest BCUT2D eigenvalue weighted by Crippen LogP contribution is -2.32. The Balaban J connectivity index is 2.66. The number of benzene rings is 1. The molecule has 94 valence electrons. The Morgan fingerprint density at radius 3 is 2.59 bits per heavy atom. The summed E-state index contributed by atoms with van der Waals surface area (Å²) < 4.78 is 26.3. The normalized spacial score (nSPS) is 10.4. The van der Waals surface area contributed by atoms with Gasteiger partial charge in [0.2, 0.25) is 0 Å². The Kier molecular flexibility index (Phi) is 5.03. The largest absolute Gasteiger partial charge is 0.351 e. The van der Waals surface area contributed by atoms with Crippen LogP contribution in [-0.2, 0) is 0 Å². The van der Waals surface area contributed by atoms with E-state index in [0.717, 1.165) is 12.6 Å². The lowest BCUT2D eigenvalue weighted by Gasteiger charge is -2.07. The van der Waals surface area contributed by atoms with Crippen molar-refractivity contribution in [2.75, 3.05) is 19.6 Å². The Labute approximate surface area is 99.2 Å². The van der Waals surface area contributed by atoms with Crippen LogP contribution >= 0.6 is 0 Å². The van der Waals surface area contributed by atoms with E-state index in [4.69, 9.17) is 0 Å². The molecule has 17 heavy (non-hydrogen) atoms. The number of amides is 1. The third-order valence-corrected chi connectivity index (χ3v) is 2.33. The van der Waals surface area contributed by atoms with Crippen molar-refractivity contribution in [1.29, 1.82) is 0 Å². The minimum atomic E-state index is -0.839. The maximum absolute atomic E-state index is 13.3. The maximum Gasteiger partial charge on any atom is 0.254 e. The first-order chi connectivity index (χ1) is 8.06. The fraction of sp³-hybridized carbons (Fsp3) is 0.417. The van der Waals surface area contributed by atoms with E-state index >= 15 is 0 Å². The van der Waals surface area contributed by atoms with Gasteiger partial charge >= 0.3 is 0 Å². The molecule has 5 heteroatoms. The van der Waals surface area contributed by atoms with Crippen molar-refractivity contribution in [3.8, 4) is 0 Å². The van der Waals surface area contributed by atoms with Crippen LogP contribution < -0.4 is 10.6 Å². The highest BCUT2D eigenvalue weighted by Crippen LogP contribution is 2.13. The van der Waals surface area contributed by atoms with E-state index in [2.05, 4.69) is 10.6 Å². The van der Waals surface area contributed by atoms with Crippen LogP contribution in [0, 0.1) is 18.6 Å². The first kappa shape index (κ1) is 13.6. The molecule has 0 bridgehead atoms. The van der Waals surface area contributed by atoms with Crippen LogP contribution in [0.1, 0.15) is 22.8 Å². The first-order valence-corrected chi connectivity index (χ1v) is 5.50. The summed E-state index contributed by atoms with van der Waals surface area (Å²) in [7, 11) is 0. The van der Waals surface area contributed by atoms with E-state index in [0.29, 0.717) is 13.1 Å². The summed E-state index contributed by atoms with van der Waals surface area (Å²) in [5.74, 6) is -2.01. The molecule has 1 aromatic rings. The molecule has 0 saturated carbocycles. The molecule has 0 aliphatic carbocycles. The number of hydrogen-bond donors (Lipinski definition) is 2. The van der Waals surface area contributed by atoms with Gasteiger partial charge in [0.15, 0.2) is 0 Å². The SMILES string of the molecule is CCNCCNC(=O)c1cc(C)c(F)cc1F. The van der Waals surface area contributed by atoms with Gasteiger partial charge in [-0.25, -0.2) is 8.78 Å². The molecule has 0 atom stereocenters. The third-order valence-electron chi connectivity index (χ3n) is 2.33. The molecule has 0 spiro atoms. The molecule has 1 aromatic carbocycles. The summed E-state index contributed by atoms with van der Waals surface area (Å²) in [5.41, 5.74) is 0.128. The summed E-state index contributed by atoms with van der Waals surface area (Å²) in [6.07, 6.45) is 0. The van der Waals surface area contributed by atoms with Gasteiger partial charge in [0.1, 0.15) is 11.6 Å². The van der Waals surface area contributed by atoms with Crippen molar-refractivity contribution in [2.24, 2.45) is 0 Å². The van der Waals surface area contributed by atoms with Crippen LogP contribution in [0.4, 0.5) is 8.78 Å². The van der Waals surface area contributed by atoms with Crippen molar-refractivity contribution in [3.05, 3.63) is 34.9 Å². The van der Waals surface area contributed by atoms with Crippen molar-refractivity contribution in [1.82, 2.24) is 10.6 Å². The number of hydrogen-bond acceptors (Lipinski definition) is 2. The van der Waals surface area contributed by atoms with Gasteiger partial charge in [-0.2, -0.15) is 0 Å². The summed E-state index contributed by atoms with van der Waals surface area (Å²) in [6.45, 7) is 5.27. The van der Waals surface area contributed by atoms with Gasteiger partial charge in [-0.1, -0.05) is 6.92 Å². The number of aryl methyl sites for hydroxylation is 1. The molecule has 0 aliphatic rings. The zero-order valence-corrected chi connectivity index (χ0v) is 9.94. The van der Waals surface area contributed by atoms with E-state index in [9.17, 15) is 13.6 Å². The summed E-state index contributed by atoms with van der Waals surface area (Å²) in [6, 6.07) is 1.95. The second kappa shape index (κ2) is 6.30. The molecular weight excluding hydrogens is 226 g/mol. The lowest BCUT2D eigenvalue weighted by atomic mass is 10.1. The Hall–Kier alpha value is -1.49. The van der Waals surface area contributed by atoms with Gasteiger partial charge < -0.3 is 10.6 Å². The van der Waals surface area contributed by atoms with E-state index in [1.807, 2.05) is 6.92 Å². The van der Waals surface area contributed by atoms with Crippen molar-refractivity contribution in [2.45, 2.75) is 13.8 Å². The Bertz CT molecular complexity index is 408. The van der Waals surface area contributed by atoms with E-state index in [1.54, 1.807) is 0 Å². The predicted molar refractivity (Wildman–Crippen MR) is 62.0 cm³/mol. The summed E-state index contributed by atoms with van der Waals surface area (Å²) in [5, 5.41) is 5.58. The van der Waals surface area contributed by atoms with Gasteiger partial charge in [-0.05, 0) is 25.1 Å². The quantitative estimate of drug-likeness (QED) is 0.770. The maximum atomic E-state index is 13.3. The zero-order valence-electron chi connectivity index (χ0n) is 9.94. The molecule has 2 N–H and O–H groups in total. The summed E-state index contributed by atoms with van der Waals surface area (Å²) >= 11 is 0. The lowest BCUT2D eigenvalue weighted by molar-refractivity contribution is 0.0949.